The summed E-state index contributed by atoms with van der Waals surface area (Å²) in [5.41, 5.74) is 1.25. The fourth-order valence-electron chi connectivity index (χ4n) is 1.70. The number of hydrogen-bond donors (Lipinski definition) is 0. The number of nitrogens with zero attached hydrogens (tertiary/aromatic N) is 2. The van der Waals surface area contributed by atoms with E-state index in [1.807, 2.05) is 23.7 Å². The molecule has 2 rings (SSSR count). The molecule has 0 aromatic carbocycles. The molecule has 0 aliphatic rings. The van der Waals surface area contributed by atoms with Crippen LogP contribution in [0, 0.1) is 0 Å². The van der Waals surface area contributed by atoms with E-state index in [1.54, 1.807) is 0 Å². The molecule has 0 saturated carbocycles. The minimum atomic E-state index is 0.945. The van der Waals surface area contributed by atoms with Gasteiger partial charge in [-0.05, 0) is 45.6 Å². The maximum Gasteiger partial charge on any atom is 0.0410 e. The van der Waals surface area contributed by atoms with Gasteiger partial charge in [-0.2, -0.15) is 0 Å². The lowest BCUT2D eigenvalue weighted by Gasteiger charge is -2.19. The first-order valence-electron chi connectivity index (χ1n) is 5.62. The lowest BCUT2D eigenvalue weighted by atomic mass is 10.2. The van der Waals surface area contributed by atoms with Crippen LogP contribution >= 0.6 is 27.3 Å². The fraction of sp³-hybridized carbons (Fsp3) is 0.308. The molecule has 2 heterocycles. The van der Waals surface area contributed by atoms with Crippen molar-refractivity contribution in [2.45, 2.75) is 20.0 Å². The van der Waals surface area contributed by atoms with Crippen molar-refractivity contribution < 1.29 is 0 Å². The van der Waals surface area contributed by atoms with Gasteiger partial charge in [-0.3, -0.25) is 9.88 Å². The molecule has 0 unspecified atom stereocenters. The van der Waals surface area contributed by atoms with Crippen LogP contribution in [0.1, 0.15) is 17.4 Å². The number of rotatable bonds is 5. The molecule has 2 aromatic rings. The topological polar surface area (TPSA) is 16.1 Å². The Kier molecular flexibility index (Phi) is 4.71. The smallest absolute Gasteiger partial charge is 0.0410 e. The van der Waals surface area contributed by atoms with Crippen LogP contribution in [0.4, 0.5) is 0 Å². The largest absolute Gasteiger partial charge is 0.294 e. The Bertz CT molecular complexity index is 456. The van der Waals surface area contributed by atoms with Gasteiger partial charge in [0.2, 0.25) is 0 Å². The first-order valence-corrected chi connectivity index (χ1v) is 7.29. The molecule has 0 N–H and O–H groups in total. The Labute approximate surface area is 114 Å². The van der Waals surface area contributed by atoms with Gasteiger partial charge in [0.25, 0.3) is 0 Å². The van der Waals surface area contributed by atoms with Crippen molar-refractivity contribution in [2.75, 3.05) is 6.54 Å². The highest BCUT2D eigenvalue weighted by Crippen LogP contribution is 2.15. The van der Waals surface area contributed by atoms with Gasteiger partial charge in [-0.1, -0.05) is 13.0 Å². The Morgan fingerprint density at radius 1 is 1.35 bits per heavy atom. The lowest BCUT2D eigenvalue weighted by molar-refractivity contribution is 0.273. The Hall–Kier alpha value is -0.710. The van der Waals surface area contributed by atoms with Crippen molar-refractivity contribution in [3.8, 4) is 0 Å². The summed E-state index contributed by atoms with van der Waals surface area (Å²) in [4.78, 5) is 8.02. The molecule has 0 fully saturated rings. The molecule has 0 atom stereocenters. The molecule has 0 amide bonds. The van der Waals surface area contributed by atoms with Crippen molar-refractivity contribution in [3.63, 3.8) is 0 Å². The lowest BCUT2D eigenvalue weighted by Crippen LogP contribution is -2.21. The molecule has 0 radical (unpaired) electrons. The average molecular weight is 311 g/mol. The van der Waals surface area contributed by atoms with E-state index in [1.165, 1.54) is 10.4 Å². The summed E-state index contributed by atoms with van der Waals surface area (Å²) in [6.07, 6.45) is 3.75. The van der Waals surface area contributed by atoms with E-state index in [0.717, 1.165) is 24.1 Å². The van der Waals surface area contributed by atoms with E-state index < -0.39 is 0 Å². The van der Waals surface area contributed by atoms with Crippen LogP contribution in [0.2, 0.25) is 0 Å². The maximum absolute atomic E-state index is 4.20. The number of aromatic nitrogens is 1. The van der Waals surface area contributed by atoms with Crippen molar-refractivity contribution in [1.82, 2.24) is 9.88 Å². The third kappa shape index (κ3) is 3.91. The molecule has 2 aromatic heterocycles. The van der Waals surface area contributed by atoms with Gasteiger partial charge in [0, 0.05) is 34.8 Å². The second kappa shape index (κ2) is 6.28. The van der Waals surface area contributed by atoms with Crippen molar-refractivity contribution >= 4 is 27.3 Å². The molecule has 4 heteroatoms. The SMILES string of the molecule is CCN(Cc1cncc(Br)c1)Cc1cccs1. The minimum absolute atomic E-state index is 0.945. The normalized spacial score (nSPS) is 11.0. The van der Waals surface area contributed by atoms with E-state index in [4.69, 9.17) is 0 Å². The van der Waals surface area contributed by atoms with Crippen LogP contribution in [-0.2, 0) is 13.1 Å². The van der Waals surface area contributed by atoms with Crippen LogP contribution < -0.4 is 0 Å². The van der Waals surface area contributed by atoms with Gasteiger partial charge < -0.3 is 0 Å². The zero-order valence-electron chi connectivity index (χ0n) is 9.77. The summed E-state index contributed by atoms with van der Waals surface area (Å²) in [6, 6.07) is 6.42. The summed E-state index contributed by atoms with van der Waals surface area (Å²) in [6.45, 7) is 5.20. The minimum Gasteiger partial charge on any atom is -0.294 e. The molecule has 90 valence electrons. The highest BCUT2D eigenvalue weighted by atomic mass is 79.9. The van der Waals surface area contributed by atoms with E-state index in [2.05, 4.69) is 56.3 Å². The highest BCUT2D eigenvalue weighted by molar-refractivity contribution is 9.10. The quantitative estimate of drug-likeness (QED) is 0.832. The maximum atomic E-state index is 4.20. The van der Waals surface area contributed by atoms with E-state index in [9.17, 15) is 0 Å². The number of thiophene rings is 1. The Balaban J connectivity index is 2.00. The third-order valence-electron chi connectivity index (χ3n) is 2.57. The van der Waals surface area contributed by atoms with Crippen LogP contribution in [0.25, 0.3) is 0 Å². The Morgan fingerprint density at radius 2 is 2.24 bits per heavy atom. The average Bonchev–Trinajstić information content (AvgIpc) is 2.81. The molecule has 0 bridgehead atoms. The van der Waals surface area contributed by atoms with Crippen molar-refractivity contribution in [3.05, 3.63) is 50.9 Å². The third-order valence-corrected chi connectivity index (χ3v) is 3.87. The molecular weight excluding hydrogens is 296 g/mol. The molecule has 17 heavy (non-hydrogen) atoms. The van der Waals surface area contributed by atoms with Crippen LogP contribution in [-0.4, -0.2) is 16.4 Å². The van der Waals surface area contributed by atoms with Crippen LogP contribution in [0.15, 0.2) is 40.4 Å². The molecule has 0 aliphatic carbocycles. The van der Waals surface area contributed by atoms with Crippen molar-refractivity contribution in [1.29, 1.82) is 0 Å². The first-order chi connectivity index (χ1) is 8.28. The number of hydrogen-bond acceptors (Lipinski definition) is 3. The number of pyridine rings is 1. The Morgan fingerprint density at radius 3 is 2.88 bits per heavy atom. The second-order valence-electron chi connectivity index (χ2n) is 3.89. The molecule has 0 spiro atoms. The summed E-state index contributed by atoms with van der Waals surface area (Å²) in [5.74, 6) is 0. The van der Waals surface area contributed by atoms with Gasteiger partial charge in [0.1, 0.15) is 0 Å². The first kappa shape index (κ1) is 12.7. The van der Waals surface area contributed by atoms with E-state index >= 15 is 0 Å². The standard InChI is InChI=1S/C13H15BrN2S/c1-2-16(10-13-4-3-5-17-13)9-11-6-12(14)8-15-7-11/h3-8H,2,9-10H2,1H3. The summed E-state index contributed by atoms with van der Waals surface area (Å²) < 4.78 is 1.04. The predicted octanol–water partition coefficient (Wildman–Crippen LogP) is 3.93. The molecule has 0 saturated heterocycles. The van der Waals surface area contributed by atoms with Gasteiger partial charge in [0.05, 0.1) is 0 Å². The molecule has 2 nitrogen and oxygen atoms in total. The van der Waals surface area contributed by atoms with Gasteiger partial charge in [0.15, 0.2) is 0 Å². The van der Waals surface area contributed by atoms with E-state index in [-0.39, 0.29) is 0 Å². The van der Waals surface area contributed by atoms with Crippen LogP contribution in [0.5, 0.6) is 0 Å². The second-order valence-corrected chi connectivity index (χ2v) is 5.84. The van der Waals surface area contributed by atoms with Gasteiger partial charge in [-0.15, -0.1) is 11.3 Å². The zero-order chi connectivity index (χ0) is 12.1. The monoisotopic (exact) mass is 310 g/mol. The van der Waals surface area contributed by atoms with Gasteiger partial charge >= 0.3 is 0 Å². The summed E-state index contributed by atoms with van der Waals surface area (Å²) in [7, 11) is 0. The van der Waals surface area contributed by atoms with Crippen LogP contribution in [0.3, 0.4) is 0 Å². The fourth-order valence-corrected chi connectivity index (χ4v) is 2.86. The number of halogens is 1. The predicted molar refractivity (Wildman–Crippen MR) is 76.0 cm³/mol. The molecular formula is C13H15BrN2S. The zero-order valence-corrected chi connectivity index (χ0v) is 12.2. The van der Waals surface area contributed by atoms with Gasteiger partial charge in [-0.25, -0.2) is 0 Å². The van der Waals surface area contributed by atoms with E-state index in [0.29, 0.717) is 0 Å². The molecule has 0 aliphatic heterocycles. The highest BCUT2D eigenvalue weighted by Gasteiger charge is 2.06. The summed E-state index contributed by atoms with van der Waals surface area (Å²) in [5, 5.41) is 2.13. The summed E-state index contributed by atoms with van der Waals surface area (Å²) >= 11 is 5.27. The van der Waals surface area contributed by atoms with Crippen molar-refractivity contribution in [2.24, 2.45) is 0 Å².